The van der Waals surface area contributed by atoms with E-state index < -0.39 is 24.1 Å². The summed E-state index contributed by atoms with van der Waals surface area (Å²) in [5, 5.41) is 0. The third-order valence-electron chi connectivity index (χ3n) is 7.18. The molecule has 2 nitrogen and oxygen atoms in total. The molecule has 0 radical (unpaired) electrons. The molecule has 0 saturated carbocycles. The van der Waals surface area contributed by atoms with Gasteiger partial charge in [0.15, 0.2) is 0 Å². The molecule has 0 bridgehead atoms. The molecule has 3 aliphatic rings. The maximum atomic E-state index is 14.4. The third kappa shape index (κ3) is 4.77. The molecule has 0 fully saturated rings. The Morgan fingerprint density at radius 3 is 1.49 bits per heavy atom. The van der Waals surface area contributed by atoms with Gasteiger partial charge in [-0.2, -0.15) is 0 Å². The van der Waals surface area contributed by atoms with Crippen molar-refractivity contribution in [2.75, 3.05) is 0 Å². The molecule has 180 valence electrons. The minimum atomic E-state index is -1.83. The van der Waals surface area contributed by atoms with Crippen molar-refractivity contribution in [1.82, 2.24) is 0 Å². The van der Waals surface area contributed by atoms with Crippen molar-refractivity contribution in [3.05, 3.63) is 93.6 Å². The standard InChI is InChI=1S/C30H32F2O2.Zr/c1-17(2)21-7-9-25(27-15-19(31)5-13-29(27)33)23(21)11-12-24-22(18(3)4)8-10-26(24)28-16-20(32)6-14-30(28)34;/h5-8,13-18,33-34H,9-12H2,1-4H3;/q;+2/p-2. The first-order valence-corrected chi connectivity index (χ1v) is 14.4. The molecule has 2 aliphatic carbocycles. The van der Waals surface area contributed by atoms with Crippen LogP contribution in [0, 0.1) is 23.5 Å². The SMILES string of the molecule is CC(C)C1=CCC2=C1CCC1=C(CC=C1C(C)C)c1cc(F)ccc1[O][Zr][O]c1ccc(F)cc12. The molecule has 0 unspecified atom stereocenters. The summed E-state index contributed by atoms with van der Waals surface area (Å²) < 4.78 is 41.3. The van der Waals surface area contributed by atoms with E-state index in [0.29, 0.717) is 23.3 Å². The molecule has 1 heterocycles. The second-order valence-corrected chi connectivity index (χ2v) is 11.4. The van der Waals surface area contributed by atoms with Gasteiger partial charge in [-0.25, -0.2) is 0 Å². The first-order valence-electron chi connectivity index (χ1n) is 12.4. The van der Waals surface area contributed by atoms with E-state index in [0.717, 1.165) is 48.0 Å². The molecule has 0 atom stereocenters. The van der Waals surface area contributed by atoms with E-state index >= 15 is 0 Å². The van der Waals surface area contributed by atoms with Gasteiger partial charge in [0.2, 0.25) is 0 Å². The summed E-state index contributed by atoms with van der Waals surface area (Å²) in [7, 11) is 0. The molecule has 2 aromatic rings. The Labute approximate surface area is 219 Å². The minimum absolute atomic E-state index is 0.264. The van der Waals surface area contributed by atoms with Gasteiger partial charge >= 0.3 is 220 Å². The molecule has 0 amide bonds. The monoisotopic (exact) mass is 550 g/mol. The summed E-state index contributed by atoms with van der Waals surface area (Å²) in [6, 6.07) is 9.53. The van der Waals surface area contributed by atoms with Crippen molar-refractivity contribution in [3.63, 3.8) is 0 Å². The van der Waals surface area contributed by atoms with Crippen LogP contribution in [0.5, 0.6) is 11.5 Å². The molecular formula is C30H30F2O2Zr. The predicted octanol–water partition coefficient (Wildman–Crippen LogP) is 8.61. The van der Waals surface area contributed by atoms with Crippen LogP contribution in [-0.2, 0) is 24.1 Å². The summed E-state index contributed by atoms with van der Waals surface area (Å²) in [5.41, 5.74) is 9.22. The van der Waals surface area contributed by atoms with Gasteiger partial charge in [-0.1, -0.05) is 0 Å². The van der Waals surface area contributed by atoms with Gasteiger partial charge in [-0.05, 0) is 0 Å². The fraction of sp³-hybridized carbons (Fsp3) is 0.333. The summed E-state index contributed by atoms with van der Waals surface area (Å²) in [6.45, 7) is 8.86. The summed E-state index contributed by atoms with van der Waals surface area (Å²) in [6.07, 6.45) is 7.84. The van der Waals surface area contributed by atoms with Gasteiger partial charge < -0.3 is 0 Å². The number of benzene rings is 2. The number of halogens is 2. The van der Waals surface area contributed by atoms with E-state index in [-0.39, 0.29) is 11.6 Å². The van der Waals surface area contributed by atoms with Crippen molar-refractivity contribution >= 4 is 11.1 Å². The first-order chi connectivity index (χ1) is 16.8. The molecule has 0 spiro atoms. The molecule has 1 aliphatic heterocycles. The zero-order valence-electron chi connectivity index (χ0n) is 20.7. The number of hydrogen-bond donors (Lipinski definition) is 0. The zero-order chi connectivity index (χ0) is 24.7. The van der Waals surface area contributed by atoms with Crippen LogP contribution in [0.15, 0.2) is 70.8 Å². The maximum absolute atomic E-state index is 14.4. The van der Waals surface area contributed by atoms with Crippen LogP contribution >= 0.6 is 0 Å². The van der Waals surface area contributed by atoms with Gasteiger partial charge in [0.25, 0.3) is 0 Å². The van der Waals surface area contributed by atoms with Crippen LogP contribution in [0.4, 0.5) is 8.78 Å². The Balaban J connectivity index is 1.68. The van der Waals surface area contributed by atoms with E-state index in [1.165, 1.54) is 34.4 Å². The molecular weight excluding hydrogens is 522 g/mol. The Bertz CT molecular complexity index is 1200. The first kappa shape index (κ1) is 24.4. The average molecular weight is 552 g/mol. The number of hydrogen-bond acceptors (Lipinski definition) is 2. The fourth-order valence-electron chi connectivity index (χ4n) is 5.58. The molecule has 35 heavy (non-hydrogen) atoms. The molecule has 0 aromatic heterocycles. The van der Waals surface area contributed by atoms with Crippen LogP contribution in [-0.4, -0.2) is 0 Å². The van der Waals surface area contributed by atoms with E-state index in [9.17, 15) is 8.78 Å². The van der Waals surface area contributed by atoms with E-state index in [2.05, 4.69) is 39.8 Å². The Morgan fingerprint density at radius 1 is 0.657 bits per heavy atom. The fourth-order valence-corrected chi connectivity index (χ4v) is 7.00. The molecule has 2 aromatic carbocycles. The average Bonchev–Trinajstić information content (AvgIpc) is 3.43. The second kappa shape index (κ2) is 10.0. The van der Waals surface area contributed by atoms with Gasteiger partial charge in [-0.15, -0.1) is 0 Å². The van der Waals surface area contributed by atoms with E-state index in [1.54, 1.807) is 24.3 Å². The Kier molecular flexibility index (Phi) is 6.99. The Morgan fingerprint density at radius 2 is 1.09 bits per heavy atom. The Hall–Kier alpha value is -2.26. The molecule has 0 saturated heterocycles. The topological polar surface area (TPSA) is 18.5 Å². The third-order valence-corrected chi connectivity index (χ3v) is 8.67. The van der Waals surface area contributed by atoms with E-state index in [4.69, 9.17) is 5.63 Å². The van der Waals surface area contributed by atoms with Gasteiger partial charge in [0.1, 0.15) is 0 Å². The van der Waals surface area contributed by atoms with Crippen LogP contribution in [0.3, 0.4) is 0 Å². The van der Waals surface area contributed by atoms with Crippen molar-refractivity contribution in [2.45, 2.75) is 53.4 Å². The quantitative estimate of drug-likeness (QED) is 0.372. The van der Waals surface area contributed by atoms with Crippen LogP contribution < -0.4 is 5.63 Å². The normalized spacial score (nSPS) is 17.7. The van der Waals surface area contributed by atoms with Crippen molar-refractivity contribution in [1.29, 1.82) is 0 Å². The van der Waals surface area contributed by atoms with Crippen LogP contribution in [0.1, 0.15) is 64.5 Å². The predicted molar refractivity (Wildman–Crippen MR) is 132 cm³/mol. The molecule has 5 heteroatoms. The number of rotatable bonds is 2. The van der Waals surface area contributed by atoms with Crippen molar-refractivity contribution in [2.24, 2.45) is 11.8 Å². The van der Waals surface area contributed by atoms with Gasteiger partial charge in [0, 0.05) is 0 Å². The van der Waals surface area contributed by atoms with Crippen molar-refractivity contribution in [3.8, 4) is 11.5 Å². The van der Waals surface area contributed by atoms with Crippen LogP contribution in [0.25, 0.3) is 11.1 Å². The second-order valence-electron chi connectivity index (χ2n) is 10.0. The van der Waals surface area contributed by atoms with Crippen molar-refractivity contribution < 1.29 is 38.5 Å². The number of fused-ring (bicyclic) bond motifs is 4. The summed E-state index contributed by atoms with van der Waals surface area (Å²) in [5.74, 6) is 1.58. The van der Waals surface area contributed by atoms with Gasteiger partial charge in [0.05, 0.1) is 0 Å². The van der Waals surface area contributed by atoms with E-state index in [1.807, 2.05) is 0 Å². The van der Waals surface area contributed by atoms with Gasteiger partial charge in [-0.3, -0.25) is 0 Å². The summed E-state index contributed by atoms with van der Waals surface area (Å²) in [4.78, 5) is 0. The van der Waals surface area contributed by atoms with Crippen LogP contribution in [0.2, 0.25) is 0 Å². The number of allylic oxidation sites excluding steroid dienone is 8. The molecule has 0 N–H and O–H groups in total. The molecule has 5 rings (SSSR count). The zero-order valence-corrected chi connectivity index (χ0v) is 23.1. The summed E-state index contributed by atoms with van der Waals surface area (Å²) >= 11 is -1.83.